The number of rotatable bonds is 4. The van der Waals surface area contributed by atoms with Crippen LogP contribution in [0.1, 0.15) is 68.2 Å². The number of benzene rings is 1. The first-order chi connectivity index (χ1) is 9.63. The van der Waals surface area contributed by atoms with E-state index < -0.39 is 0 Å². The van der Waals surface area contributed by atoms with Crippen molar-refractivity contribution in [1.82, 2.24) is 5.32 Å². The first kappa shape index (κ1) is 14.1. The largest absolute Gasteiger partial charge is 0.307 e. The van der Waals surface area contributed by atoms with Gasteiger partial charge in [0.1, 0.15) is 0 Å². The lowest BCUT2D eigenvalue weighted by atomic mass is 9.82. The van der Waals surface area contributed by atoms with E-state index in [1.807, 2.05) is 0 Å². The predicted molar refractivity (Wildman–Crippen MR) is 85.9 cm³/mol. The summed E-state index contributed by atoms with van der Waals surface area (Å²) in [4.78, 5) is 0. The normalized spacial score (nSPS) is 28.4. The lowest BCUT2D eigenvalue weighted by molar-refractivity contribution is 0.249. The molecular formula is C19H29N. The topological polar surface area (TPSA) is 12.0 Å². The first-order valence-electron chi connectivity index (χ1n) is 8.46. The van der Waals surface area contributed by atoms with E-state index in [1.54, 1.807) is 0 Å². The molecule has 1 nitrogen and oxygen atoms in total. The van der Waals surface area contributed by atoms with E-state index in [0.717, 1.165) is 17.9 Å². The minimum absolute atomic E-state index is 0.484. The molecule has 0 aliphatic heterocycles. The second-order valence-corrected chi connectivity index (χ2v) is 7.21. The lowest BCUT2D eigenvalue weighted by Crippen LogP contribution is -2.36. The fourth-order valence-corrected chi connectivity index (χ4v) is 4.04. The molecule has 2 aliphatic carbocycles. The van der Waals surface area contributed by atoms with Crippen molar-refractivity contribution in [1.29, 1.82) is 0 Å². The molecule has 1 aromatic rings. The average molecular weight is 271 g/mol. The molecule has 0 radical (unpaired) electrons. The molecule has 3 rings (SSSR count). The van der Waals surface area contributed by atoms with Gasteiger partial charge < -0.3 is 5.32 Å². The molecule has 110 valence electrons. The molecular weight excluding hydrogens is 242 g/mol. The second-order valence-electron chi connectivity index (χ2n) is 7.21. The van der Waals surface area contributed by atoms with Crippen LogP contribution in [0.3, 0.4) is 0 Å². The fraction of sp³-hybridized carbons (Fsp3) is 0.684. The number of aryl methyl sites for hydroxylation is 2. The van der Waals surface area contributed by atoms with Crippen LogP contribution in [0.2, 0.25) is 0 Å². The van der Waals surface area contributed by atoms with E-state index >= 15 is 0 Å². The molecule has 0 heterocycles. The van der Waals surface area contributed by atoms with E-state index in [2.05, 4.69) is 44.3 Å². The lowest BCUT2D eigenvalue weighted by Gasteiger charge is -2.32. The Hall–Kier alpha value is -0.820. The van der Waals surface area contributed by atoms with Gasteiger partial charge in [0.2, 0.25) is 0 Å². The maximum Gasteiger partial charge on any atom is 0.0297 e. The van der Waals surface area contributed by atoms with Crippen LogP contribution in [-0.2, 0) is 0 Å². The summed E-state index contributed by atoms with van der Waals surface area (Å²) in [7, 11) is 0. The zero-order valence-corrected chi connectivity index (χ0v) is 13.3. The predicted octanol–water partition coefficient (Wildman–Crippen LogP) is 4.92. The summed E-state index contributed by atoms with van der Waals surface area (Å²) < 4.78 is 0. The van der Waals surface area contributed by atoms with Crippen LogP contribution in [0.4, 0.5) is 0 Å². The van der Waals surface area contributed by atoms with Crippen LogP contribution >= 0.6 is 0 Å². The van der Waals surface area contributed by atoms with Gasteiger partial charge in [-0.15, -0.1) is 0 Å². The third kappa shape index (κ3) is 3.25. The van der Waals surface area contributed by atoms with Crippen LogP contribution in [0.25, 0.3) is 0 Å². The average Bonchev–Trinajstić information content (AvgIpc) is 3.26. The van der Waals surface area contributed by atoms with Crippen LogP contribution < -0.4 is 5.32 Å². The number of hydrogen-bond donors (Lipinski definition) is 1. The molecule has 2 saturated carbocycles. The molecule has 0 bridgehead atoms. The van der Waals surface area contributed by atoms with Crippen molar-refractivity contribution in [3.8, 4) is 0 Å². The maximum atomic E-state index is 3.92. The van der Waals surface area contributed by atoms with Crippen molar-refractivity contribution >= 4 is 0 Å². The van der Waals surface area contributed by atoms with E-state index in [4.69, 9.17) is 0 Å². The van der Waals surface area contributed by atoms with Gasteiger partial charge in [0.25, 0.3) is 0 Å². The molecule has 2 fully saturated rings. The summed E-state index contributed by atoms with van der Waals surface area (Å²) in [5, 5.41) is 3.92. The Labute approximate surface area is 124 Å². The monoisotopic (exact) mass is 271 g/mol. The summed E-state index contributed by atoms with van der Waals surface area (Å²) in [5.74, 6) is 2.10. The highest BCUT2D eigenvalue weighted by atomic mass is 14.9. The fourth-order valence-electron chi connectivity index (χ4n) is 4.04. The van der Waals surface area contributed by atoms with Crippen LogP contribution in [0, 0.1) is 25.7 Å². The zero-order chi connectivity index (χ0) is 14.1. The van der Waals surface area contributed by atoms with Crippen molar-refractivity contribution < 1.29 is 0 Å². The first-order valence-corrected chi connectivity index (χ1v) is 8.46. The molecule has 0 amide bonds. The molecule has 3 unspecified atom stereocenters. The van der Waals surface area contributed by atoms with Gasteiger partial charge in [-0.1, -0.05) is 36.6 Å². The molecule has 20 heavy (non-hydrogen) atoms. The highest BCUT2D eigenvalue weighted by molar-refractivity contribution is 5.32. The van der Waals surface area contributed by atoms with Gasteiger partial charge in [-0.25, -0.2) is 0 Å². The zero-order valence-electron chi connectivity index (χ0n) is 13.3. The van der Waals surface area contributed by atoms with Gasteiger partial charge in [0, 0.05) is 12.1 Å². The maximum absolute atomic E-state index is 3.92. The highest BCUT2D eigenvalue weighted by Gasteiger charge is 2.34. The molecule has 0 spiro atoms. The quantitative estimate of drug-likeness (QED) is 0.819. The molecule has 1 N–H and O–H groups in total. The standard InChI is InChI=1S/C19H29N/c1-13-7-8-14(2)19(11-13)15(3)20-18-6-4-5-17(12-18)16-9-10-16/h7-8,11,15-18,20H,4-6,9-10,12H2,1-3H3. The van der Waals surface area contributed by atoms with E-state index in [0.29, 0.717) is 6.04 Å². The molecule has 1 aromatic carbocycles. The molecule has 3 atom stereocenters. The summed E-state index contributed by atoms with van der Waals surface area (Å²) in [6.45, 7) is 6.77. The Morgan fingerprint density at radius 2 is 1.85 bits per heavy atom. The Kier molecular flexibility index (Phi) is 4.16. The SMILES string of the molecule is Cc1ccc(C)c(C(C)NC2CCCC(C3CC3)C2)c1. The summed E-state index contributed by atoms with van der Waals surface area (Å²) in [6.07, 6.45) is 8.71. The van der Waals surface area contributed by atoms with Gasteiger partial charge >= 0.3 is 0 Å². The Bertz CT molecular complexity index is 461. The minimum atomic E-state index is 0.484. The van der Waals surface area contributed by atoms with Crippen molar-refractivity contribution in [3.63, 3.8) is 0 Å². The van der Waals surface area contributed by atoms with E-state index in [-0.39, 0.29) is 0 Å². The molecule has 0 saturated heterocycles. The van der Waals surface area contributed by atoms with E-state index in [9.17, 15) is 0 Å². The summed E-state index contributed by atoms with van der Waals surface area (Å²) >= 11 is 0. The van der Waals surface area contributed by atoms with Crippen LogP contribution in [0.5, 0.6) is 0 Å². The Morgan fingerprint density at radius 1 is 1.05 bits per heavy atom. The number of hydrogen-bond acceptors (Lipinski definition) is 1. The van der Waals surface area contributed by atoms with Crippen LogP contribution in [0.15, 0.2) is 18.2 Å². The van der Waals surface area contributed by atoms with Crippen molar-refractivity contribution in [2.75, 3.05) is 0 Å². The van der Waals surface area contributed by atoms with Gasteiger partial charge in [0.05, 0.1) is 0 Å². The Morgan fingerprint density at radius 3 is 2.60 bits per heavy atom. The second kappa shape index (κ2) is 5.89. The van der Waals surface area contributed by atoms with Crippen molar-refractivity contribution in [2.24, 2.45) is 11.8 Å². The molecule has 0 aromatic heterocycles. The summed E-state index contributed by atoms with van der Waals surface area (Å²) in [5.41, 5.74) is 4.28. The smallest absolute Gasteiger partial charge is 0.0297 e. The number of nitrogens with one attached hydrogen (secondary N) is 1. The van der Waals surface area contributed by atoms with E-state index in [1.165, 1.54) is 55.2 Å². The third-order valence-corrected chi connectivity index (χ3v) is 5.39. The molecule has 1 heteroatoms. The van der Waals surface area contributed by atoms with Gasteiger partial charge in [-0.3, -0.25) is 0 Å². The molecule has 2 aliphatic rings. The van der Waals surface area contributed by atoms with Gasteiger partial charge in [-0.2, -0.15) is 0 Å². The van der Waals surface area contributed by atoms with Crippen molar-refractivity contribution in [3.05, 3.63) is 34.9 Å². The van der Waals surface area contributed by atoms with Crippen LogP contribution in [-0.4, -0.2) is 6.04 Å². The minimum Gasteiger partial charge on any atom is -0.307 e. The highest BCUT2D eigenvalue weighted by Crippen LogP contribution is 2.44. The summed E-state index contributed by atoms with van der Waals surface area (Å²) in [6, 6.07) is 8.06. The third-order valence-electron chi connectivity index (χ3n) is 5.39. The Balaban J connectivity index is 1.62. The van der Waals surface area contributed by atoms with Gasteiger partial charge in [-0.05, 0) is 69.4 Å². The van der Waals surface area contributed by atoms with Crippen molar-refractivity contribution in [2.45, 2.75) is 71.4 Å². The van der Waals surface area contributed by atoms with Gasteiger partial charge in [0.15, 0.2) is 0 Å².